The molecular weight excluding hydrogens is 298 g/mol. The molecule has 0 fully saturated rings. The van der Waals surface area contributed by atoms with Crippen molar-refractivity contribution >= 4 is 27.8 Å². The van der Waals surface area contributed by atoms with Crippen LogP contribution in [-0.2, 0) is 0 Å². The van der Waals surface area contributed by atoms with Crippen LogP contribution >= 0.6 is 11.3 Å². The molecule has 0 spiro atoms. The number of hydrogen-bond acceptors (Lipinski definition) is 6. The van der Waals surface area contributed by atoms with E-state index in [4.69, 9.17) is 5.53 Å². The van der Waals surface area contributed by atoms with Gasteiger partial charge < -0.3 is 10.4 Å². The molecule has 2 aromatic carbocycles. The quantitative estimate of drug-likeness (QED) is 0.377. The lowest BCUT2D eigenvalue weighted by Crippen LogP contribution is -1.88. The molecule has 108 valence electrons. The number of hydrogen-bond donors (Lipinski definition) is 3. The highest BCUT2D eigenvalue weighted by molar-refractivity contribution is 7.14. The molecule has 3 aromatic rings. The van der Waals surface area contributed by atoms with E-state index in [0.29, 0.717) is 5.69 Å². The maximum Gasteiger partial charge on any atom is 0.220 e. The fourth-order valence-electron chi connectivity index (χ4n) is 1.89. The van der Waals surface area contributed by atoms with E-state index in [1.54, 1.807) is 36.4 Å². The lowest BCUT2D eigenvalue weighted by molar-refractivity contribution is 0.475. The first-order valence-electron chi connectivity index (χ1n) is 6.44. The van der Waals surface area contributed by atoms with E-state index in [2.05, 4.69) is 20.3 Å². The highest BCUT2D eigenvalue weighted by Gasteiger charge is 2.06. The number of phenols is 1. The van der Waals surface area contributed by atoms with Crippen LogP contribution in [-0.4, -0.2) is 10.1 Å². The van der Waals surface area contributed by atoms with Crippen molar-refractivity contribution in [2.75, 3.05) is 5.32 Å². The second kappa shape index (κ2) is 6.17. The van der Waals surface area contributed by atoms with Crippen molar-refractivity contribution in [3.63, 3.8) is 0 Å². The number of phenolic OH excluding ortho intramolecular Hbond substituents is 1. The minimum atomic E-state index is 0.232. The van der Waals surface area contributed by atoms with E-state index >= 15 is 0 Å². The first kappa shape index (κ1) is 13.9. The molecule has 0 atom stereocenters. The van der Waals surface area contributed by atoms with Crippen molar-refractivity contribution < 1.29 is 5.11 Å². The van der Waals surface area contributed by atoms with Crippen LogP contribution in [0.25, 0.3) is 11.3 Å². The predicted octanol–water partition coefficient (Wildman–Crippen LogP) is 4.44. The van der Waals surface area contributed by atoms with Crippen molar-refractivity contribution in [3.05, 3.63) is 53.9 Å². The molecule has 3 rings (SSSR count). The molecular formula is C15H12N5OS+. The summed E-state index contributed by atoms with van der Waals surface area (Å²) in [6.45, 7) is 0. The molecule has 0 aliphatic carbocycles. The van der Waals surface area contributed by atoms with Crippen LogP contribution in [0.1, 0.15) is 0 Å². The van der Waals surface area contributed by atoms with Crippen LogP contribution in [0, 0.1) is 5.53 Å². The number of nitrogens with zero attached hydrogens (tertiary/aromatic N) is 3. The molecule has 0 aliphatic rings. The predicted molar refractivity (Wildman–Crippen MR) is 85.9 cm³/mol. The Bertz CT molecular complexity index is 820. The standard InChI is InChI=1S/C15H11N5OS/c16-20-19-12-3-1-10(2-4-12)14-9-22-15(18-14)17-11-5-7-13(21)8-6-11/h1-9H,(H2,16,19)/p+1. The van der Waals surface area contributed by atoms with Gasteiger partial charge in [0.2, 0.25) is 4.91 Å². The van der Waals surface area contributed by atoms with Crippen molar-refractivity contribution in [1.29, 1.82) is 5.53 Å². The van der Waals surface area contributed by atoms with Crippen molar-refractivity contribution in [1.82, 2.24) is 9.90 Å². The maximum absolute atomic E-state index is 9.27. The Morgan fingerprint density at radius 3 is 2.50 bits per heavy atom. The van der Waals surface area contributed by atoms with Crippen LogP contribution in [0.4, 0.5) is 16.5 Å². The Morgan fingerprint density at radius 2 is 1.82 bits per heavy atom. The van der Waals surface area contributed by atoms with E-state index < -0.39 is 0 Å². The summed E-state index contributed by atoms with van der Waals surface area (Å²) in [6.07, 6.45) is 0. The Hall–Kier alpha value is -3.02. The van der Waals surface area contributed by atoms with Gasteiger partial charge in [0.05, 0.1) is 5.69 Å². The van der Waals surface area contributed by atoms with Crippen LogP contribution in [0.3, 0.4) is 0 Å². The van der Waals surface area contributed by atoms with Gasteiger partial charge in [-0.2, -0.15) is 0 Å². The third-order valence-corrected chi connectivity index (χ3v) is 3.71. The fraction of sp³-hybridized carbons (Fsp3) is 0. The largest absolute Gasteiger partial charge is 0.508 e. The van der Waals surface area contributed by atoms with Crippen molar-refractivity contribution in [2.45, 2.75) is 0 Å². The molecule has 0 amide bonds. The van der Waals surface area contributed by atoms with E-state index in [-0.39, 0.29) is 5.75 Å². The number of aromatic hydroxyl groups is 1. The van der Waals surface area contributed by atoms with E-state index in [1.165, 1.54) is 11.3 Å². The average Bonchev–Trinajstić information content (AvgIpc) is 2.99. The van der Waals surface area contributed by atoms with Crippen LogP contribution < -0.4 is 10.2 Å². The minimum Gasteiger partial charge on any atom is -0.508 e. The van der Waals surface area contributed by atoms with Crippen LogP contribution in [0.5, 0.6) is 5.75 Å². The molecule has 0 radical (unpaired) electrons. The smallest absolute Gasteiger partial charge is 0.220 e. The van der Waals surface area contributed by atoms with E-state index in [0.717, 1.165) is 22.1 Å². The van der Waals surface area contributed by atoms with Gasteiger partial charge in [-0.15, -0.1) is 11.3 Å². The topological polar surface area (TPSA) is 95.5 Å². The van der Waals surface area contributed by atoms with Gasteiger partial charge in [-0.25, -0.2) is 4.98 Å². The Balaban J connectivity index is 1.78. The Kier molecular flexibility index (Phi) is 3.91. The summed E-state index contributed by atoms with van der Waals surface area (Å²) >= 11 is 1.50. The zero-order valence-electron chi connectivity index (χ0n) is 11.4. The first-order chi connectivity index (χ1) is 10.7. The molecule has 0 bridgehead atoms. The summed E-state index contributed by atoms with van der Waals surface area (Å²) in [5, 5.41) is 18.8. The van der Waals surface area contributed by atoms with Crippen LogP contribution in [0.15, 0.2) is 59.0 Å². The number of rotatable bonds is 4. The molecule has 0 saturated carbocycles. The summed E-state index contributed by atoms with van der Waals surface area (Å²) in [7, 11) is 0. The van der Waals surface area contributed by atoms with Gasteiger partial charge in [0.1, 0.15) is 11.3 Å². The molecule has 0 saturated heterocycles. The number of benzene rings is 2. The SMILES string of the molecule is N=[N+]=Nc1ccc(-c2csc(Nc3ccc(O)cc3)n2)cc1. The molecule has 6 nitrogen and oxygen atoms in total. The Labute approximate surface area is 130 Å². The fourth-order valence-corrected chi connectivity index (χ4v) is 2.63. The van der Waals surface area contributed by atoms with Gasteiger partial charge in [-0.3, -0.25) is 0 Å². The van der Waals surface area contributed by atoms with E-state index in [1.807, 2.05) is 17.5 Å². The van der Waals surface area contributed by atoms with Gasteiger partial charge in [0, 0.05) is 16.6 Å². The molecule has 22 heavy (non-hydrogen) atoms. The van der Waals surface area contributed by atoms with Gasteiger partial charge in [-0.1, -0.05) is 12.1 Å². The lowest BCUT2D eigenvalue weighted by atomic mass is 10.1. The summed E-state index contributed by atoms with van der Waals surface area (Å²) in [5.41, 5.74) is 10.0. The van der Waals surface area contributed by atoms with Crippen LogP contribution in [0.2, 0.25) is 0 Å². The zero-order chi connectivity index (χ0) is 15.4. The van der Waals surface area contributed by atoms with Gasteiger partial charge >= 0.3 is 0 Å². The lowest BCUT2D eigenvalue weighted by Gasteiger charge is -2.02. The molecule has 0 aliphatic heterocycles. The number of thiazole rings is 1. The molecule has 0 unspecified atom stereocenters. The summed E-state index contributed by atoms with van der Waals surface area (Å²) in [6, 6.07) is 14.2. The first-order valence-corrected chi connectivity index (χ1v) is 7.32. The third-order valence-electron chi connectivity index (χ3n) is 2.95. The maximum atomic E-state index is 9.27. The summed E-state index contributed by atoms with van der Waals surface area (Å²) < 4.78 is 0. The number of anilines is 2. The van der Waals surface area contributed by atoms with E-state index in [9.17, 15) is 5.11 Å². The number of aromatic nitrogens is 1. The molecule has 7 heteroatoms. The minimum absolute atomic E-state index is 0.232. The number of nitrogens with one attached hydrogen (secondary N) is 2. The van der Waals surface area contributed by atoms with Gasteiger partial charge in [-0.05, 0) is 36.4 Å². The third kappa shape index (κ3) is 3.17. The summed E-state index contributed by atoms with van der Waals surface area (Å²) in [4.78, 5) is 7.53. The highest BCUT2D eigenvalue weighted by Crippen LogP contribution is 2.28. The van der Waals surface area contributed by atoms with Gasteiger partial charge in [0.25, 0.3) is 0 Å². The normalized spacial score (nSPS) is 10.0. The monoisotopic (exact) mass is 310 g/mol. The Morgan fingerprint density at radius 1 is 1.09 bits per heavy atom. The second-order valence-electron chi connectivity index (χ2n) is 4.46. The van der Waals surface area contributed by atoms with Crippen molar-refractivity contribution in [3.8, 4) is 17.0 Å². The summed E-state index contributed by atoms with van der Waals surface area (Å²) in [5.74, 6) is 0.232. The van der Waals surface area contributed by atoms with Gasteiger partial charge in [0.15, 0.2) is 15.9 Å². The second-order valence-corrected chi connectivity index (χ2v) is 5.31. The average molecular weight is 310 g/mol. The highest BCUT2D eigenvalue weighted by atomic mass is 32.1. The zero-order valence-corrected chi connectivity index (χ0v) is 12.2. The molecule has 1 aromatic heterocycles. The molecule has 3 N–H and O–H groups in total. The van der Waals surface area contributed by atoms with Crippen molar-refractivity contribution in [2.24, 2.45) is 5.11 Å². The molecule has 1 heterocycles.